The molecule has 0 aliphatic heterocycles. The van der Waals surface area contributed by atoms with E-state index in [2.05, 4.69) is 9.47 Å². The van der Waals surface area contributed by atoms with Crippen molar-refractivity contribution in [2.24, 2.45) is 0 Å². The van der Waals surface area contributed by atoms with Crippen molar-refractivity contribution >= 4 is 5.97 Å². The van der Waals surface area contributed by atoms with E-state index in [-0.39, 0.29) is 0 Å². The van der Waals surface area contributed by atoms with Gasteiger partial charge in [-0.2, -0.15) is 13.2 Å². The van der Waals surface area contributed by atoms with Crippen LogP contribution >= 0.6 is 0 Å². The molecule has 0 fully saturated rings. The van der Waals surface area contributed by atoms with Crippen molar-refractivity contribution < 1.29 is 40.6 Å². The minimum absolute atomic E-state index is 0.292. The molecule has 0 amide bonds. The predicted molar refractivity (Wildman–Crippen MR) is 50.1 cm³/mol. The van der Waals surface area contributed by atoms with Crippen molar-refractivity contribution in [2.45, 2.75) is 12.5 Å². The van der Waals surface area contributed by atoms with Gasteiger partial charge in [0.15, 0.2) is 5.69 Å². The van der Waals surface area contributed by atoms with Crippen molar-refractivity contribution in [1.29, 1.82) is 0 Å². The Balaban J connectivity index is 3.55. The number of carbonyl (C=O) groups is 1. The number of rotatable bonds is 2. The molecule has 1 N–H and O–H groups in total. The molecule has 0 atom stereocenters. The van der Waals surface area contributed by atoms with E-state index in [1.54, 1.807) is 0 Å². The molecule has 0 unspecified atom stereocenters. The highest BCUT2D eigenvalue weighted by atomic mass is 19.4. The summed E-state index contributed by atoms with van der Waals surface area (Å²) in [5.74, 6) is -3.49. The molecule has 1 aromatic rings. The van der Waals surface area contributed by atoms with Crippen LogP contribution in [-0.2, 0) is 10.9 Å². The number of halogens is 6. The first-order chi connectivity index (χ1) is 8.97. The van der Waals surface area contributed by atoms with Gasteiger partial charge in [-0.05, 0) is 0 Å². The summed E-state index contributed by atoms with van der Waals surface area (Å²) in [6, 6.07) is 0. The zero-order valence-corrected chi connectivity index (χ0v) is 9.48. The fraction of sp³-hybridized carbons (Fsp3) is 0.333. The molecule has 0 aliphatic carbocycles. The first-order valence-corrected chi connectivity index (χ1v) is 4.64. The Labute approximate surface area is 106 Å². The normalized spacial score (nSPS) is 12.2. The molecule has 0 saturated carbocycles. The van der Waals surface area contributed by atoms with Crippen LogP contribution in [0.2, 0.25) is 0 Å². The van der Waals surface area contributed by atoms with Crippen molar-refractivity contribution in [1.82, 2.24) is 4.98 Å². The SMILES string of the molecule is COC(=O)c1c[nH]c(C(F)(F)F)c(OC(F)(F)F)c1=O. The highest BCUT2D eigenvalue weighted by Crippen LogP contribution is 2.35. The first kappa shape index (κ1) is 15.9. The number of nitrogens with one attached hydrogen (secondary N) is 1. The molecule has 1 aromatic heterocycles. The lowest BCUT2D eigenvalue weighted by molar-refractivity contribution is -0.277. The Hall–Kier alpha value is -2.20. The molecule has 0 aliphatic rings. The molecule has 0 radical (unpaired) electrons. The van der Waals surface area contributed by atoms with E-state index in [9.17, 15) is 35.9 Å². The summed E-state index contributed by atoms with van der Waals surface area (Å²) in [7, 11) is 0.795. The summed E-state index contributed by atoms with van der Waals surface area (Å²) in [6.45, 7) is 0. The molecule has 0 bridgehead atoms. The molecule has 11 heteroatoms. The fourth-order valence-corrected chi connectivity index (χ4v) is 1.20. The lowest BCUT2D eigenvalue weighted by atomic mass is 10.2. The summed E-state index contributed by atoms with van der Waals surface area (Å²) < 4.78 is 80.7. The molecule has 0 spiro atoms. The van der Waals surface area contributed by atoms with Gasteiger partial charge >= 0.3 is 18.5 Å². The van der Waals surface area contributed by atoms with Gasteiger partial charge in [-0.15, -0.1) is 13.2 Å². The third-order valence-corrected chi connectivity index (χ3v) is 1.95. The van der Waals surface area contributed by atoms with Gasteiger partial charge < -0.3 is 14.5 Å². The lowest BCUT2D eigenvalue weighted by Crippen LogP contribution is -2.29. The number of aromatic amines is 1. The van der Waals surface area contributed by atoms with Crippen LogP contribution in [-0.4, -0.2) is 24.4 Å². The number of hydrogen-bond acceptors (Lipinski definition) is 4. The number of esters is 1. The van der Waals surface area contributed by atoms with Gasteiger partial charge in [0.05, 0.1) is 7.11 Å². The Morgan fingerprint density at radius 3 is 2.15 bits per heavy atom. The highest BCUT2D eigenvalue weighted by Gasteiger charge is 2.42. The third kappa shape index (κ3) is 3.42. The Kier molecular flexibility index (Phi) is 4.01. The third-order valence-electron chi connectivity index (χ3n) is 1.95. The monoisotopic (exact) mass is 305 g/mol. The van der Waals surface area contributed by atoms with E-state index in [0.717, 1.165) is 7.11 Å². The number of methoxy groups -OCH3 is 1. The van der Waals surface area contributed by atoms with Crippen molar-refractivity contribution in [3.05, 3.63) is 27.7 Å². The molecule has 0 saturated heterocycles. The van der Waals surface area contributed by atoms with Crippen molar-refractivity contribution in [3.63, 3.8) is 0 Å². The van der Waals surface area contributed by atoms with E-state index in [1.807, 2.05) is 0 Å². The van der Waals surface area contributed by atoms with Crippen LogP contribution in [0.5, 0.6) is 5.75 Å². The standard InChI is InChI=1S/C9H5F6NO4/c1-19-7(18)3-2-16-6(8(10,11)12)5(4(3)17)20-9(13,14)15/h2H,1H3,(H,16,17). The van der Waals surface area contributed by atoms with Crippen LogP contribution in [0.3, 0.4) is 0 Å². The Morgan fingerprint density at radius 2 is 1.75 bits per heavy atom. The number of aromatic nitrogens is 1. The summed E-state index contributed by atoms with van der Waals surface area (Å²) >= 11 is 0. The van der Waals surface area contributed by atoms with E-state index in [1.165, 1.54) is 4.98 Å². The largest absolute Gasteiger partial charge is 0.573 e. The van der Waals surface area contributed by atoms with Crippen LogP contribution in [0.15, 0.2) is 11.0 Å². The van der Waals surface area contributed by atoms with Gasteiger partial charge in [-0.25, -0.2) is 4.79 Å². The van der Waals surface area contributed by atoms with Gasteiger partial charge in [0.1, 0.15) is 5.56 Å². The smallest absolute Gasteiger partial charge is 0.465 e. The predicted octanol–water partition coefficient (Wildman–Crippen LogP) is 2.08. The average Bonchev–Trinajstić information content (AvgIpc) is 2.27. The molecular formula is C9H5F6NO4. The van der Waals surface area contributed by atoms with E-state index in [0.29, 0.717) is 6.20 Å². The molecule has 1 rings (SSSR count). The lowest BCUT2D eigenvalue weighted by Gasteiger charge is -2.15. The maximum Gasteiger partial charge on any atom is 0.573 e. The number of pyridine rings is 1. The summed E-state index contributed by atoms with van der Waals surface area (Å²) in [6.07, 6.45) is -10.6. The maximum atomic E-state index is 12.5. The molecule has 1 heterocycles. The van der Waals surface area contributed by atoms with Gasteiger partial charge in [-0.3, -0.25) is 4.79 Å². The van der Waals surface area contributed by atoms with Gasteiger partial charge in [0.25, 0.3) is 0 Å². The van der Waals surface area contributed by atoms with Crippen molar-refractivity contribution in [3.8, 4) is 5.75 Å². The number of alkyl halides is 6. The minimum Gasteiger partial charge on any atom is -0.465 e. The molecular weight excluding hydrogens is 300 g/mol. The molecule has 112 valence electrons. The number of hydrogen-bond donors (Lipinski definition) is 1. The van der Waals surface area contributed by atoms with E-state index >= 15 is 0 Å². The van der Waals surface area contributed by atoms with Crippen LogP contribution in [0.4, 0.5) is 26.3 Å². The van der Waals surface area contributed by atoms with E-state index < -0.39 is 40.9 Å². The first-order valence-electron chi connectivity index (χ1n) is 4.64. The summed E-state index contributed by atoms with van der Waals surface area (Å²) in [5, 5.41) is 0. The topological polar surface area (TPSA) is 68.4 Å². The van der Waals surface area contributed by atoms with Gasteiger partial charge in [0, 0.05) is 6.20 Å². The fourth-order valence-electron chi connectivity index (χ4n) is 1.20. The van der Waals surface area contributed by atoms with Gasteiger partial charge in [0.2, 0.25) is 11.2 Å². The zero-order valence-electron chi connectivity index (χ0n) is 9.48. The number of ether oxygens (including phenoxy) is 2. The maximum absolute atomic E-state index is 12.5. The van der Waals surface area contributed by atoms with E-state index in [4.69, 9.17) is 0 Å². The highest BCUT2D eigenvalue weighted by molar-refractivity contribution is 5.89. The van der Waals surface area contributed by atoms with Gasteiger partial charge in [-0.1, -0.05) is 0 Å². The van der Waals surface area contributed by atoms with Crippen LogP contribution < -0.4 is 10.2 Å². The zero-order chi connectivity index (χ0) is 15.7. The minimum atomic E-state index is -5.54. The summed E-state index contributed by atoms with van der Waals surface area (Å²) in [5.41, 5.74) is -5.01. The average molecular weight is 305 g/mol. The second-order valence-corrected chi connectivity index (χ2v) is 3.27. The quantitative estimate of drug-likeness (QED) is 0.671. The van der Waals surface area contributed by atoms with Crippen LogP contribution in [0, 0.1) is 0 Å². The summed E-state index contributed by atoms with van der Waals surface area (Å²) in [4.78, 5) is 23.9. The molecule has 5 nitrogen and oxygen atoms in total. The molecule has 0 aromatic carbocycles. The van der Waals surface area contributed by atoms with Crippen molar-refractivity contribution in [2.75, 3.05) is 7.11 Å². The molecule has 20 heavy (non-hydrogen) atoms. The number of H-pyrrole nitrogens is 1. The number of carbonyl (C=O) groups excluding carboxylic acids is 1. The van der Waals surface area contributed by atoms with Crippen LogP contribution in [0.1, 0.15) is 16.1 Å². The Bertz CT molecular complexity index is 573. The Morgan fingerprint density at radius 1 is 1.20 bits per heavy atom. The second kappa shape index (κ2) is 5.06. The van der Waals surface area contributed by atoms with Crippen LogP contribution in [0.25, 0.3) is 0 Å². The second-order valence-electron chi connectivity index (χ2n) is 3.27.